The minimum absolute atomic E-state index is 0.00371. The maximum absolute atomic E-state index is 12.7. The van der Waals surface area contributed by atoms with Crippen molar-refractivity contribution in [2.24, 2.45) is 0 Å². The quantitative estimate of drug-likeness (QED) is 0.839. The van der Waals surface area contributed by atoms with Crippen LogP contribution in [-0.2, 0) is 27.8 Å². The van der Waals surface area contributed by atoms with Crippen LogP contribution in [0.2, 0.25) is 0 Å². The topological polar surface area (TPSA) is 77.3 Å². The predicted octanol–water partition coefficient (Wildman–Crippen LogP) is 1.64. The maximum Gasteiger partial charge on any atom is 0.243 e. The Hall–Kier alpha value is -1.77. The molecule has 1 saturated heterocycles. The molecule has 0 amide bonds. The van der Waals surface area contributed by atoms with Gasteiger partial charge in [0.25, 0.3) is 0 Å². The van der Waals surface area contributed by atoms with Crippen molar-refractivity contribution in [2.45, 2.75) is 50.0 Å². The van der Waals surface area contributed by atoms with Gasteiger partial charge in [-0.2, -0.15) is 4.31 Å². The molecule has 128 valence electrons. The molecule has 2 atom stereocenters. The number of aryl methyl sites for hydroxylation is 1. The summed E-state index contributed by atoms with van der Waals surface area (Å²) in [6, 6.07) is 6.87. The molecule has 1 aromatic heterocycles. The molecule has 24 heavy (non-hydrogen) atoms. The van der Waals surface area contributed by atoms with Crippen molar-refractivity contribution in [2.75, 3.05) is 7.05 Å². The normalized spacial score (nSPS) is 22.8. The number of ether oxygens (including phenoxy) is 1. The maximum atomic E-state index is 12.7. The van der Waals surface area contributed by atoms with E-state index >= 15 is 0 Å². The molecule has 1 fully saturated rings. The minimum atomic E-state index is -3.55. The zero-order valence-electron chi connectivity index (χ0n) is 13.7. The Morgan fingerprint density at radius 2 is 2.00 bits per heavy atom. The summed E-state index contributed by atoms with van der Waals surface area (Å²) in [6.07, 6.45) is 2.17. The van der Waals surface area contributed by atoms with Crippen LogP contribution in [0.1, 0.15) is 36.2 Å². The van der Waals surface area contributed by atoms with Crippen LogP contribution in [0.25, 0.3) is 0 Å². The summed E-state index contributed by atoms with van der Waals surface area (Å²) in [5.41, 5.74) is 1.03. The van der Waals surface area contributed by atoms with Crippen LogP contribution in [0, 0.1) is 6.92 Å². The van der Waals surface area contributed by atoms with Gasteiger partial charge in [-0.05, 0) is 31.9 Å². The number of fused-ring (bicyclic) bond motifs is 4. The summed E-state index contributed by atoms with van der Waals surface area (Å²) in [7, 11) is -1.97. The largest absolute Gasteiger partial charge is 0.365 e. The van der Waals surface area contributed by atoms with Crippen LogP contribution in [0.15, 0.2) is 29.2 Å². The van der Waals surface area contributed by atoms with Crippen LogP contribution in [0.3, 0.4) is 0 Å². The number of sulfonamides is 1. The Morgan fingerprint density at radius 3 is 2.75 bits per heavy atom. The third-order valence-electron chi connectivity index (χ3n) is 4.73. The van der Waals surface area contributed by atoms with E-state index in [0.717, 1.165) is 24.2 Å². The van der Waals surface area contributed by atoms with Gasteiger partial charge in [0.05, 0.1) is 24.1 Å². The van der Waals surface area contributed by atoms with Crippen molar-refractivity contribution in [1.82, 2.24) is 19.1 Å². The molecule has 0 N–H and O–H groups in total. The number of nitrogens with zero attached hydrogens (tertiary/aromatic N) is 4. The molecule has 0 radical (unpaired) electrons. The summed E-state index contributed by atoms with van der Waals surface area (Å²) >= 11 is 0. The molecule has 2 aromatic rings. The monoisotopic (exact) mass is 348 g/mol. The Morgan fingerprint density at radius 1 is 1.25 bits per heavy atom. The zero-order valence-corrected chi connectivity index (χ0v) is 14.5. The van der Waals surface area contributed by atoms with Gasteiger partial charge in [0, 0.05) is 7.05 Å². The molecule has 0 aliphatic carbocycles. The fourth-order valence-electron chi connectivity index (χ4n) is 3.31. The fraction of sp³-hybridized carbons (Fsp3) is 0.500. The molecule has 7 nitrogen and oxygen atoms in total. The van der Waals surface area contributed by atoms with Gasteiger partial charge in [0.2, 0.25) is 10.0 Å². The molecule has 0 saturated carbocycles. The average molecular weight is 348 g/mol. The van der Waals surface area contributed by atoms with Crippen LogP contribution < -0.4 is 0 Å². The third-order valence-corrected chi connectivity index (χ3v) is 6.55. The molecule has 3 heterocycles. The lowest BCUT2D eigenvalue weighted by Crippen LogP contribution is -2.30. The Labute approximate surface area is 141 Å². The third kappa shape index (κ3) is 2.54. The summed E-state index contributed by atoms with van der Waals surface area (Å²) in [4.78, 5) is 0.289. The lowest BCUT2D eigenvalue weighted by molar-refractivity contribution is 0.00491. The van der Waals surface area contributed by atoms with Crippen molar-refractivity contribution in [3.63, 3.8) is 0 Å². The minimum Gasteiger partial charge on any atom is -0.365 e. The highest BCUT2D eigenvalue weighted by molar-refractivity contribution is 7.89. The van der Waals surface area contributed by atoms with Crippen molar-refractivity contribution in [3.8, 4) is 0 Å². The molecule has 8 heteroatoms. The van der Waals surface area contributed by atoms with Crippen molar-refractivity contribution in [3.05, 3.63) is 41.5 Å². The highest BCUT2D eigenvalue weighted by Gasteiger charge is 2.37. The summed E-state index contributed by atoms with van der Waals surface area (Å²) < 4.78 is 34.6. The first kappa shape index (κ1) is 15.7. The predicted molar refractivity (Wildman–Crippen MR) is 86.7 cm³/mol. The lowest BCUT2D eigenvalue weighted by Gasteiger charge is -2.23. The highest BCUT2D eigenvalue weighted by atomic mass is 32.2. The van der Waals surface area contributed by atoms with Gasteiger partial charge >= 0.3 is 0 Å². The van der Waals surface area contributed by atoms with E-state index in [1.54, 1.807) is 31.3 Å². The Bertz CT molecular complexity index is 860. The number of rotatable bonds is 4. The van der Waals surface area contributed by atoms with E-state index in [2.05, 4.69) is 10.2 Å². The molecular weight excluding hydrogens is 328 g/mol. The lowest BCUT2D eigenvalue weighted by atomic mass is 10.2. The van der Waals surface area contributed by atoms with Crippen LogP contribution >= 0.6 is 0 Å². The fourth-order valence-corrected chi connectivity index (χ4v) is 4.44. The van der Waals surface area contributed by atoms with E-state index in [4.69, 9.17) is 4.74 Å². The first-order valence-corrected chi connectivity index (χ1v) is 9.49. The first-order valence-electron chi connectivity index (χ1n) is 8.05. The van der Waals surface area contributed by atoms with Crippen LogP contribution in [0.5, 0.6) is 0 Å². The number of hydrogen-bond acceptors (Lipinski definition) is 5. The Balaban J connectivity index is 1.59. The summed E-state index contributed by atoms with van der Waals surface area (Å²) in [5, 5.41) is 8.43. The SMILES string of the molecule is Cc1ccc(S(=O)(=O)N(C)Cc2nnc3n2C[C@H]2CC[C@@H]3O2)cc1. The van der Waals surface area contributed by atoms with E-state index in [9.17, 15) is 8.42 Å². The van der Waals surface area contributed by atoms with Crippen molar-refractivity contribution >= 4 is 10.0 Å². The van der Waals surface area contributed by atoms with Gasteiger partial charge in [-0.15, -0.1) is 10.2 Å². The molecule has 2 bridgehead atoms. The second kappa shape index (κ2) is 5.65. The second-order valence-electron chi connectivity index (χ2n) is 6.48. The molecule has 0 unspecified atom stereocenters. The van der Waals surface area contributed by atoms with Gasteiger partial charge in [-0.25, -0.2) is 8.42 Å². The molecule has 2 aliphatic rings. The number of hydrogen-bond donors (Lipinski definition) is 0. The zero-order chi connectivity index (χ0) is 16.9. The summed E-state index contributed by atoms with van der Waals surface area (Å²) in [6.45, 7) is 2.83. The summed E-state index contributed by atoms with van der Waals surface area (Å²) in [5.74, 6) is 1.49. The highest BCUT2D eigenvalue weighted by Crippen LogP contribution is 2.37. The molecule has 0 spiro atoms. The van der Waals surface area contributed by atoms with Gasteiger partial charge < -0.3 is 9.30 Å². The molecule has 4 rings (SSSR count). The van der Waals surface area contributed by atoms with Gasteiger partial charge in [0.1, 0.15) is 11.9 Å². The van der Waals surface area contributed by atoms with Gasteiger partial charge in [0.15, 0.2) is 5.82 Å². The first-order chi connectivity index (χ1) is 11.4. The average Bonchev–Trinajstić information content (AvgIpc) is 3.14. The van der Waals surface area contributed by atoms with E-state index < -0.39 is 10.0 Å². The number of aromatic nitrogens is 3. The second-order valence-corrected chi connectivity index (χ2v) is 8.53. The van der Waals surface area contributed by atoms with E-state index in [1.807, 2.05) is 11.5 Å². The standard InChI is InChI=1S/C16H20N4O3S/c1-11-3-6-13(7-4-11)24(21,22)19(2)10-15-17-18-16-14-8-5-12(23-14)9-20(15)16/h3-4,6-7,12,14H,5,8-10H2,1-2H3/t12-,14+/m1/s1. The van der Waals surface area contributed by atoms with E-state index in [-0.39, 0.29) is 23.6 Å². The van der Waals surface area contributed by atoms with Crippen molar-refractivity contribution < 1.29 is 13.2 Å². The van der Waals surface area contributed by atoms with Gasteiger partial charge in [-0.3, -0.25) is 0 Å². The van der Waals surface area contributed by atoms with Crippen LogP contribution in [-0.4, -0.2) is 40.6 Å². The molecule has 1 aromatic carbocycles. The number of benzene rings is 1. The van der Waals surface area contributed by atoms with Crippen molar-refractivity contribution in [1.29, 1.82) is 0 Å². The Kier molecular flexibility index (Phi) is 3.70. The molecule has 2 aliphatic heterocycles. The van der Waals surface area contributed by atoms with E-state index in [1.165, 1.54) is 4.31 Å². The van der Waals surface area contributed by atoms with Crippen LogP contribution in [0.4, 0.5) is 0 Å². The molecular formula is C16H20N4O3S. The van der Waals surface area contributed by atoms with Gasteiger partial charge in [-0.1, -0.05) is 17.7 Å². The van der Waals surface area contributed by atoms with E-state index in [0.29, 0.717) is 12.4 Å². The smallest absolute Gasteiger partial charge is 0.243 e.